The highest BCUT2D eigenvalue weighted by Gasteiger charge is 2.35. The van der Waals surface area contributed by atoms with Crippen molar-refractivity contribution in [1.29, 1.82) is 0 Å². The third kappa shape index (κ3) is 0.978. The van der Waals surface area contributed by atoms with Gasteiger partial charge in [0.25, 0.3) is 0 Å². The molecule has 2 rings (SSSR count). The zero-order valence-electron chi connectivity index (χ0n) is 6.45. The van der Waals surface area contributed by atoms with E-state index >= 15 is 0 Å². The minimum absolute atomic E-state index is 0.0186. The summed E-state index contributed by atoms with van der Waals surface area (Å²) in [5.74, 6) is -0.160. The summed E-state index contributed by atoms with van der Waals surface area (Å²) < 4.78 is 5.02. The Morgan fingerprint density at radius 2 is 1.92 bits per heavy atom. The minimum Gasteiger partial charge on any atom is -0.468 e. The predicted molar refractivity (Wildman–Crippen MR) is 40.7 cm³/mol. The maximum Gasteiger partial charge on any atom is 0.151 e. The summed E-state index contributed by atoms with van der Waals surface area (Å²) in [6, 6.07) is 3.36. The van der Waals surface area contributed by atoms with Crippen LogP contribution in [0.4, 0.5) is 0 Å². The van der Waals surface area contributed by atoms with Crippen LogP contribution in [-0.4, -0.2) is 11.6 Å². The minimum atomic E-state index is -0.611. The van der Waals surface area contributed by atoms with Crippen LogP contribution in [-0.2, 0) is 9.59 Å². The first-order chi connectivity index (χ1) is 5.79. The maximum absolute atomic E-state index is 11.2. The quantitative estimate of drug-likeness (QED) is 0.587. The molecule has 3 heteroatoms. The van der Waals surface area contributed by atoms with Crippen molar-refractivity contribution in [2.75, 3.05) is 0 Å². The lowest BCUT2D eigenvalue weighted by molar-refractivity contribution is -0.124. The molecule has 0 saturated heterocycles. The van der Waals surface area contributed by atoms with Crippen molar-refractivity contribution in [2.45, 2.75) is 18.8 Å². The fourth-order valence-electron chi connectivity index (χ4n) is 1.49. The molecule has 1 heterocycles. The van der Waals surface area contributed by atoms with Crippen LogP contribution in [0.2, 0.25) is 0 Å². The van der Waals surface area contributed by atoms with Crippen molar-refractivity contribution in [2.24, 2.45) is 0 Å². The standard InChI is InChI=1S/C9H8O3/c10-6-3-4-7(11)9(6)8-2-1-5-12-8/h1-2,5,9H,3-4H2. The van der Waals surface area contributed by atoms with Gasteiger partial charge in [-0.2, -0.15) is 0 Å². The average molecular weight is 164 g/mol. The number of ketones is 2. The van der Waals surface area contributed by atoms with E-state index < -0.39 is 5.92 Å². The lowest BCUT2D eigenvalue weighted by atomic mass is 10.0. The Bertz CT molecular complexity index is 295. The number of hydrogen-bond acceptors (Lipinski definition) is 3. The molecule has 0 atom stereocenters. The summed E-state index contributed by atoms with van der Waals surface area (Å²) in [5.41, 5.74) is 0. The van der Waals surface area contributed by atoms with Gasteiger partial charge in [-0.05, 0) is 12.1 Å². The van der Waals surface area contributed by atoms with Crippen molar-refractivity contribution in [3.63, 3.8) is 0 Å². The van der Waals surface area contributed by atoms with E-state index in [2.05, 4.69) is 0 Å². The molecule has 0 aliphatic heterocycles. The molecule has 1 aliphatic rings. The molecule has 0 spiro atoms. The molecule has 1 saturated carbocycles. The van der Waals surface area contributed by atoms with Gasteiger partial charge in [-0.1, -0.05) is 0 Å². The molecule has 0 aromatic carbocycles. The zero-order chi connectivity index (χ0) is 8.55. The van der Waals surface area contributed by atoms with E-state index in [4.69, 9.17) is 4.42 Å². The van der Waals surface area contributed by atoms with Crippen molar-refractivity contribution in [3.8, 4) is 0 Å². The largest absolute Gasteiger partial charge is 0.468 e. The number of furan rings is 1. The highest BCUT2D eigenvalue weighted by molar-refractivity contribution is 6.12. The second-order valence-corrected chi connectivity index (χ2v) is 2.88. The molecule has 3 nitrogen and oxygen atoms in total. The SMILES string of the molecule is O=C1CCC(=O)C1c1ccco1. The number of rotatable bonds is 1. The predicted octanol–water partition coefficient (Wildman–Crippen LogP) is 1.30. The van der Waals surface area contributed by atoms with Crippen LogP contribution in [0.3, 0.4) is 0 Å². The maximum atomic E-state index is 11.2. The molecule has 0 unspecified atom stereocenters. The van der Waals surface area contributed by atoms with Gasteiger partial charge in [-0.25, -0.2) is 0 Å². The molecule has 1 aromatic rings. The molecule has 0 bridgehead atoms. The molecule has 0 radical (unpaired) electrons. The normalized spacial score (nSPS) is 19.0. The third-order valence-corrected chi connectivity index (χ3v) is 2.09. The van der Waals surface area contributed by atoms with Crippen molar-refractivity contribution >= 4 is 11.6 Å². The summed E-state index contributed by atoms with van der Waals surface area (Å²) in [7, 11) is 0. The van der Waals surface area contributed by atoms with Gasteiger partial charge in [0.1, 0.15) is 11.7 Å². The highest BCUT2D eigenvalue weighted by Crippen LogP contribution is 2.27. The first-order valence-corrected chi connectivity index (χ1v) is 3.88. The Morgan fingerprint density at radius 1 is 1.25 bits per heavy atom. The van der Waals surface area contributed by atoms with Crippen LogP contribution < -0.4 is 0 Å². The molecule has 12 heavy (non-hydrogen) atoms. The third-order valence-electron chi connectivity index (χ3n) is 2.09. The smallest absolute Gasteiger partial charge is 0.151 e. The van der Waals surface area contributed by atoms with E-state index in [1.54, 1.807) is 12.1 Å². The number of Topliss-reactive ketones (excluding diaryl/α,β-unsaturated/α-hetero) is 2. The van der Waals surface area contributed by atoms with Crippen molar-refractivity contribution in [1.82, 2.24) is 0 Å². The monoisotopic (exact) mass is 164 g/mol. The van der Waals surface area contributed by atoms with Gasteiger partial charge in [-0.3, -0.25) is 9.59 Å². The van der Waals surface area contributed by atoms with E-state index in [-0.39, 0.29) is 11.6 Å². The fraction of sp³-hybridized carbons (Fsp3) is 0.333. The molecular formula is C9H8O3. The molecule has 1 aliphatic carbocycles. The summed E-state index contributed by atoms with van der Waals surface area (Å²) in [6.45, 7) is 0. The van der Waals surface area contributed by atoms with Crippen molar-refractivity contribution in [3.05, 3.63) is 24.2 Å². The molecule has 1 aromatic heterocycles. The fourth-order valence-corrected chi connectivity index (χ4v) is 1.49. The van der Waals surface area contributed by atoms with E-state index in [1.165, 1.54) is 6.26 Å². The highest BCUT2D eigenvalue weighted by atomic mass is 16.3. The number of carbonyl (C=O) groups excluding carboxylic acids is 2. The van der Waals surface area contributed by atoms with Gasteiger partial charge >= 0.3 is 0 Å². The van der Waals surface area contributed by atoms with Gasteiger partial charge in [0.05, 0.1) is 6.26 Å². The number of hydrogen-bond donors (Lipinski definition) is 0. The van der Waals surface area contributed by atoms with E-state index in [0.717, 1.165) is 0 Å². The molecular weight excluding hydrogens is 156 g/mol. The van der Waals surface area contributed by atoms with E-state index in [1.807, 2.05) is 0 Å². The molecule has 1 fully saturated rings. The van der Waals surface area contributed by atoms with E-state index in [0.29, 0.717) is 18.6 Å². The second kappa shape index (κ2) is 2.59. The van der Waals surface area contributed by atoms with Crippen LogP contribution in [0.1, 0.15) is 24.5 Å². The summed E-state index contributed by atoms with van der Waals surface area (Å²) in [6.07, 6.45) is 2.21. The topological polar surface area (TPSA) is 47.3 Å². The summed E-state index contributed by atoms with van der Waals surface area (Å²) in [5, 5.41) is 0. The number of carbonyl (C=O) groups is 2. The van der Waals surface area contributed by atoms with Gasteiger partial charge < -0.3 is 4.42 Å². The lowest BCUT2D eigenvalue weighted by Gasteiger charge is -2.00. The Morgan fingerprint density at radius 3 is 2.42 bits per heavy atom. The summed E-state index contributed by atoms with van der Waals surface area (Å²) >= 11 is 0. The second-order valence-electron chi connectivity index (χ2n) is 2.88. The molecule has 0 amide bonds. The Hall–Kier alpha value is -1.38. The van der Waals surface area contributed by atoms with Crippen LogP contribution in [0.15, 0.2) is 22.8 Å². The Labute approximate surface area is 69.4 Å². The van der Waals surface area contributed by atoms with E-state index in [9.17, 15) is 9.59 Å². The van der Waals surface area contributed by atoms with Gasteiger partial charge in [0.2, 0.25) is 0 Å². The molecule has 62 valence electrons. The van der Waals surface area contributed by atoms with Crippen LogP contribution >= 0.6 is 0 Å². The van der Waals surface area contributed by atoms with Crippen LogP contribution in [0.5, 0.6) is 0 Å². The van der Waals surface area contributed by atoms with Crippen LogP contribution in [0.25, 0.3) is 0 Å². The lowest BCUT2D eigenvalue weighted by Crippen LogP contribution is -2.10. The first-order valence-electron chi connectivity index (χ1n) is 3.88. The van der Waals surface area contributed by atoms with Gasteiger partial charge in [-0.15, -0.1) is 0 Å². The Kier molecular flexibility index (Phi) is 1.57. The van der Waals surface area contributed by atoms with Gasteiger partial charge in [0.15, 0.2) is 11.6 Å². The van der Waals surface area contributed by atoms with Gasteiger partial charge in [0, 0.05) is 12.8 Å². The average Bonchev–Trinajstić information content (AvgIpc) is 2.61. The zero-order valence-corrected chi connectivity index (χ0v) is 6.45. The van der Waals surface area contributed by atoms with Crippen LogP contribution in [0, 0.1) is 0 Å². The Balaban J connectivity index is 2.34. The van der Waals surface area contributed by atoms with Crippen molar-refractivity contribution < 1.29 is 14.0 Å². The summed E-state index contributed by atoms with van der Waals surface area (Å²) in [4.78, 5) is 22.4. The first kappa shape index (κ1) is 7.28. The molecule has 0 N–H and O–H groups in total.